The molecule has 0 bridgehead atoms. The van der Waals surface area contributed by atoms with Gasteiger partial charge < -0.3 is 14.6 Å². The molecule has 32 heavy (non-hydrogen) atoms. The summed E-state index contributed by atoms with van der Waals surface area (Å²) in [6, 6.07) is 15.4. The van der Waals surface area contributed by atoms with Crippen LogP contribution in [0.3, 0.4) is 0 Å². The van der Waals surface area contributed by atoms with Crippen LogP contribution in [-0.4, -0.2) is 34.3 Å². The number of carboxylic acid groups (broad SMARTS) is 1. The Morgan fingerprint density at radius 3 is 2.47 bits per heavy atom. The molecule has 0 saturated carbocycles. The number of hydrogen-bond donors (Lipinski definition) is 1. The highest BCUT2D eigenvalue weighted by Crippen LogP contribution is 2.36. The van der Waals surface area contributed by atoms with Crippen LogP contribution in [0.25, 0.3) is 16.9 Å². The normalized spacial score (nSPS) is 10.8. The van der Waals surface area contributed by atoms with Crippen LogP contribution in [0.5, 0.6) is 11.8 Å². The standard InChI is InChI=1S/C24H26Cl2N2O4/c1-31-20-9-7-8-17(16-20)22-23(26)27-24(28(22)19-13-11-18(25)12-14-19)32-15-6-4-2-3-5-10-21(29)30/h7-9,11-14,16H,2-6,10,15H2,1H3,(H,29,30). The number of rotatable bonds is 12. The number of aromatic nitrogens is 2. The van der Waals surface area contributed by atoms with Crippen molar-refractivity contribution in [1.29, 1.82) is 0 Å². The second-order valence-electron chi connectivity index (χ2n) is 7.34. The predicted octanol–water partition coefficient (Wildman–Crippen LogP) is 6.66. The van der Waals surface area contributed by atoms with Crippen molar-refractivity contribution in [3.63, 3.8) is 0 Å². The molecule has 1 N–H and O–H groups in total. The van der Waals surface area contributed by atoms with E-state index >= 15 is 0 Å². The highest BCUT2D eigenvalue weighted by Gasteiger charge is 2.20. The molecule has 6 nitrogen and oxygen atoms in total. The minimum absolute atomic E-state index is 0.223. The summed E-state index contributed by atoms with van der Waals surface area (Å²) in [5.74, 6) is -0.0288. The second-order valence-corrected chi connectivity index (χ2v) is 8.13. The molecular formula is C24H26Cl2N2O4. The molecule has 8 heteroatoms. The Labute approximate surface area is 197 Å². The molecule has 0 aliphatic rings. The monoisotopic (exact) mass is 476 g/mol. The van der Waals surface area contributed by atoms with Crippen molar-refractivity contribution in [1.82, 2.24) is 9.55 Å². The average Bonchev–Trinajstić information content (AvgIpc) is 3.11. The lowest BCUT2D eigenvalue weighted by Crippen LogP contribution is -2.05. The highest BCUT2D eigenvalue weighted by molar-refractivity contribution is 6.32. The quantitative estimate of drug-likeness (QED) is 0.296. The maximum atomic E-state index is 10.6. The van der Waals surface area contributed by atoms with Gasteiger partial charge in [0.15, 0.2) is 5.15 Å². The first-order chi connectivity index (χ1) is 15.5. The third kappa shape index (κ3) is 6.40. The van der Waals surface area contributed by atoms with Gasteiger partial charge in [-0.1, -0.05) is 54.6 Å². The summed E-state index contributed by atoms with van der Waals surface area (Å²) in [4.78, 5) is 15.0. The summed E-state index contributed by atoms with van der Waals surface area (Å²) in [5, 5.41) is 9.66. The Morgan fingerprint density at radius 1 is 1.03 bits per heavy atom. The fourth-order valence-electron chi connectivity index (χ4n) is 3.39. The largest absolute Gasteiger partial charge is 0.497 e. The van der Waals surface area contributed by atoms with E-state index in [2.05, 4.69) is 4.98 Å². The van der Waals surface area contributed by atoms with Crippen molar-refractivity contribution >= 4 is 29.2 Å². The molecule has 3 rings (SSSR count). The summed E-state index contributed by atoms with van der Waals surface area (Å²) in [5.41, 5.74) is 2.39. The number of ether oxygens (including phenoxy) is 2. The average molecular weight is 477 g/mol. The molecule has 1 heterocycles. The lowest BCUT2D eigenvalue weighted by atomic mass is 10.1. The molecule has 3 aromatic rings. The van der Waals surface area contributed by atoms with E-state index < -0.39 is 5.97 Å². The van der Waals surface area contributed by atoms with Gasteiger partial charge in [0.25, 0.3) is 0 Å². The van der Waals surface area contributed by atoms with Crippen LogP contribution in [0, 0.1) is 0 Å². The van der Waals surface area contributed by atoms with Crippen LogP contribution in [0.1, 0.15) is 38.5 Å². The molecule has 0 unspecified atom stereocenters. The molecule has 0 saturated heterocycles. The van der Waals surface area contributed by atoms with Crippen molar-refractivity contribution in [2.45, 2.75) is 38.5 Å². The van der Waals surface area contributed by atoms with E-state index in [1.54, 1.807) is 19.2 Å². The van der Waals surface area contributed by atoms with Gasteiger partial charge in [0, 0.05) is 17.0 Å². The van der Waals surface area contributed by atoms with Crippen LogP contribution >= 0.6 is 23.2 Å². The van der Waals surface area contributed by atoms with Crippen molar-refractivity contribution in [2.75, 3.05) is 13.7 Å². The molecule has 0 radical (unpaired) electrons. The summed E-state index contributed by atoms with van der Waals surface area (Å²) >= 11 is 12.6. The molecule has 0 aliphatic carbocycles. The van der Waals surface area contributed by atoms with Gasteiger partial charge in [-0.25, -0.2) is 0 Å². The van der Waals surface area contributed by atoms with E-state index in [1.807, 2.05) is 41.0 Å². The van der Waals surface area contributed by atoms with Crippen molar-refractivity contribution in [3.8, 4) is 28.7 Å². The molecule has 0 spiro atoms. The number of benzene rings is 2. The SMILES string of the molecule is COc1cccc(-c2c(Cl)nc(OCCCCCCCC(=O)O)n2-c2ccc(Cl)cc2)c1. The number of imidazole rings is 1. The minimum Gasteiger partial charge on any atom is -0.497 e. The number of carboxylic acids is 1. The molecular weight excluding hydrogens is 451 g/mol. The van der Waals surface area contributed by atoms with Gasteiger partial charge in [0.05, 0.1) is 25.1 Å². The Morgan fingerprint density at radius 2 is 1.75 bits per heavy atom. The van der Waals surface area contributed by atoms with E-state index in [1.165, 1.54) is 0 Å². The Balaban J connectivity index is 1.77. The molecule has 170 valence electrons. The number of hydrogen-bond acceptors (Lipinski definition) is 4. The fraction of sp³-hybridized carbons (Fsp3) is 0.333. The van der Waals surface area contributed by atoms with Crippen LogP contribution < -0.4 is 9.47 Å². The summed E-state index contributed by atoms with van der Waals surface area (Å²) in [6.45, 7) is 0.484. The van der Waals surface area contributed by atoms with Crippen molar-refractivity contribution in [2.24, 2.45) is 0 Å². The van der Waals surface area contributed by atoms with E-state index in [4.69, 9.17) is 37.8 Å². The first-order valence-electron chi connectivity index (χ1n) is 10.5. The zero-order valence-corrected chi connectivity index (χ0v) is 19.4. The first kappa shape index (κ1) is 24.0. The maximum absolute atomic E-state index is 10.6. The number of halogens is 2. The summed E-state index contributed by atoms with van der Waals surface area (Å²) in [6.07, 6.45) is 4.59. The summed E-state index contributed by atoms with van der Waals surface area (Å²) < 4.78 is 13.3. The molecule has 2 aromatic carbocycles. The predicted molar refractivity (Wildman–Crippen MR) is 126 cm³/mol. The minimum atomic E-state index is -0.744. The van der Waals surface area contributed by atoms with Gasteiger partial charge in [-0.05, 0) is 49.2 Å². The fourth-order valence-corrected chi connectivity index (χ4v) is 3.78. The molecule has 0 fully saturated rings. The Hall–Kier alpha value is -2.70. The molecule has 0 atom stereocenters. The van der Waals surface area contributed by atoms with E-state index in [0.29, 0.717) is 40.7 Å². The van der Waals surface area contributed by atoms with Gasteiger partial charge in [-0.15, -0.1) is 0 Å². The van der Waals surface area contributed by atoms with Gasteiger partial charge in [-0.3, -0.25) is 9.36 Å². The Kier molecular flexibility index (Phi) is 8.82. The summed E-state index contributed by atoms with van der Waals surface area (Å²) in [7, 11) is 1.62. The van der Waals surface area contributed by atoms with Gasteiger partial charge >= 0.3 is 12.0 Å². The van der Waals surface area contributed by atoms with Crippen LogP contribution in [-0.2, 0) is 4.79 Å². The number of unbranched alkanes of at least 4 members (excludes halogenated alkanes) is 4. The third-order valence-corrected chi connectivity index (χ3v) is 5.51. The van der Waals surface area contributed by atoms with Gasteiger partial charge in [0.2, 0.25) is 0 Å². The maximum Gasteiger partial charge on any atom is 0.303 e. The van der Waals surface area contributed by atoms with E-state index in [-0.39, 0.29) is 6.42 Å². The molecule has 0 aliphatic heterocycles. The zero-order chi connectivity index (χ0) is 22.9. The van der Waals surface area contributed by atoms with Crippen molar-refractivity contribution in [3.05, 3.63) is 58.7 Å². The number of aliphatic carboxylic acids is 1. The lowest BCUT2D eigenvalue weighted by molar-refractivity contribution is -0.137. The van der Waals surface area contributed by atoms with E-state index in [9.17, 15) is 4.79 Å². The second kappa shape index (κ2) is 11.8. The number of nitrogens with zero attached hydrogens (tertiary/aromatic N) is 2. The highest BCUT2D eigenvalue weighted by atomic mass is 35.5. The lowest BCUT2D eigenvalue weighted by Gasteiger charge is -2.13. The van der Waals surface area contributed by atoms with Gasteiger partial charge in [-0.2, -0.15) is 4.98 Å². The Bertz CT molecular complexity index is 1030. The van der Waals surface area contributed by atoms with E-state index in [0.717, 1.165) is 36.9 Å². The van der Waals surface area contributed by atoms with Crippen LogP contribution in [0.4, 0.5) is 0 Å². The van der Waals surface area contributed by atoms with Crippen LogP contribution in [0.2, 0.25) is 10.2 Å². The van der Waals surface area contributed by atoms with Crippen LogP contribution in [0.15, 0.2) is 48.5 Å². The topological polar surface area (TPSA) is 73.6 Å². The molecule has 0 amide bonds. The third-order valence-electron chi connectivity index (χ3n) is 5.00. The van der Waals surface area contributed by atoms with Gasteiger partial charge in [0.1, 0.15) is 5.75 Å². The number of carbonyl (C=O) groups is 1. The zero-order valence-electron chi connectivity index (χ0n) is 17.9. The smallest absolute Gasteiger partial charge is 0.303 e. The number of methoxy groups -OCH3 is 1. The van der Waals surface area contributed by atoms with Crippen molar-refractivity contribution < 1.29 is 19.4 Å². The first-order valence-corrected chi connectivity index (χ1v) is 11.3. The molecule has 1 aromatic heterocycles.